The molecule has 0 aliphatic carbocycles. The molecule has 0 fully saturated rings. The average molecular weight is 540 g/mol. The molecule has 1 N–H and O–H groups in total. The Balaban J connectivity index is 1.38. The Labute approximate surface area is 229 Å². The van der Waals surface area contributed by atoms with Gasteiger partial charge in [-0.25, -0.2) is 4.98 Å². The largest absolute Gasteiger partial charge is 0.497 e. The number of thioether (sulfide) groups is 1. The molecule has 0 aliphatic rings. The smallest absolute Gasteiger partial charge is 0.266 e. The van der Waals surface area contributed by atoms with Gasteiger partial charge >= 0.3 is 0 Å². The summed E-state index contributed by atoms with van der Waals surface area (Å²) in [7, 11) is 3.08. The maximum atomic E-state index is 13.6. The molecule has 4 aromatic carbocycles. The van der Waals surface area contributed by atoms with Gasteiger partial charge in [-0.05, 0) is 60.7 Å². The third kappa shape index (κ3) is 5.89. The highest BCUT2D eigenvalue weighted by Gasteiger charge is 2.18. The van der Waals surface area contributed by atoms with Crippen LogP contribution in [0, 0.1) is 0 Å². The number of aromatic nitrogens is 2. The van der Waals surface area contributed by atoms with Crippen LogP contribution in [0.3, 0.4) is 0 Å². The molecule has 8 nitrogen and oxygen atoms in total. The van der Waals surface area contributed by atoms with Crippen LogP contribution in [-0.4, -0.2) is 35.4 Å². The van der Waals surface area contributed by atoms with Gasteiger partial charge in [-0.2, -0.15) is 0 Å². The number of amides is 1. The summed E-state index contributed by atoms with van der Waals surface area (Å²) in [5.41, 5.74) is 1.36. The number of methoxy groups -OCH3 is 2. The monoisotopic (exact) mass is 539 g/mol. The fraction of sp³-hybridized carbons (Fsp3) is 0.100. The summed E-state index contributed by atoms with van der Waals surface area (Å²) in [6.07, 6.45) is 0. The van der Waals surface area contributed by atoms with Gasteiger partial charge in [-0.15, -0.1) is 0 Å². The first kappa shape index (κ1) is 25.9. The Kier molecular flexibility index (Phi) is 7.79. The van der Waals surface area contributed by atoms with Crippen molar-refractivity contribution in [2.45, 2.75) is 5.16 Å². The Hall–Kier alpha value is -4.76. The first-order valence-electron chi connectivity index (χ1n) is 12.1. The molecular formula is C30H25N3O5S. The summed E-state index contributed by atoms with van der Waals surface area (Å²) in [5, 5.41) is 3.69. The predicted octanol–water partition coefficient (Wildman–Crippen LogP) is 5.93. The molecule has 0 unspecified atom stereocenters. The third-order valence-electron chi connectivity index (χ3n) is 5.82. The highest BCUT2D eigenvalue weighted by molar-refractivity contribution is 7.99. The Morgan fingerprint density at radius 3 is 2.28 bits per heavy atom. The van der Waals surface area contributed by atoms with Gasteiger partial charge < -0.3 is 19.5 Å². The second-order valence-corrected chi connectivity index (χ2v) is 9.31. The lowest BCUT2D eigenvalue weighted by molar-refractivity contribution is -0.113. The lowest BCUT2D eigenvalue weighted by atomic mass is 10.2. The van der Waals surface area contributed by atoms with E-state index in [1.165, 1.54) is 11.7 Å². The summed E-state index contributed by atoms with van der Waals surface area (Å²) in [6.45, 7) is 0. The van der Waals surface area contributed by atoms with Crippen molar-refractivity contribution in [2.24, 2.45) is 0 Å². The highest BCUT2D eigenvalue weighted by atomic mass is 32.2. The molecule has 0 saturated heterocycles. The van der Waals surface area contributed by atoms with Crippen molar-refractivity contribution < 1.29 is 19.0 Å². The molecule has 1 aromatic heterocycles. The molecule has 1 amide bonds. The van der Waals surface area contributed by atoms with E-state index in [1.807, 2.05) is 36.4 Å². The average Bonchev–Trinajstić information content (AvgIpc) is 2.97. The van der Waals surface area contributed by atoms with Crippen LogP contribution >= 0.6 is 11.8 Å². The van der Waals surface area contributed by atoms with Crippen LogP contribution in [0.4, 0.5) is 5.69 Å². The van der Waals surface area contributed by atoms with Gasteiger partial charge in [-0.1, -0.05) is 42.1 Å². The molecule has 196 valence electrons. The standard InChI is InChI=1S/C30H25N3O5S/c1-36-23-16-17-27(37-2)26(18-23)33-29(35)24-10-6-7-11-25(24)32-30(33)39-19-28(34)31-20-12-14-22(15-13-20)38-21-8-4-3-5-9-21/h3-18H,19H2,1-2H3,(H,31,34). The van der Waals surface area contributed by atoms with Crippen molar-refractivity contribution in [1.82, 2.24) is 9.55 Å². The van der Waals surface area contributed by atoms with Crippen LogP contribution in [-0.2, 0) is 4.79 Å². The van der Waals surface area contributed by atoms with Gasteiger partial charge in [0.1, 0.15) is 23.0 Å². The van der Waals surface area contributed by atoms with E-state index in [0.29, 0.717) is 44.7 Å². The zero-order valence-electron chi connectivity index (χ0n) is 21.3. The van der Waals surface area contributed by atoms with E-state index in [0.717, 1.165) is 17.5 Å². The van der Waals surface area contributed by atoms with Gasteiger partial charge in [0.25, 0.3) is 5.56 Å². The number of carbonyl (C=O) groups excluding carboxylic acids is 1. The van der Waals surface area contributed by atoms with Crippen molar-refractivity contribution >= 4 is 34.3 Å². The molecule has 0 atom stereocenters. The molecule has 1 heterocycles. The normalized spacial score (nSPS) is 10.7. The quantitative estimate of drug-likeness (QED) is 0.183. The number of benzene rings is 4. The fourth-order valence-electron chi connectivity index (χ4n) is 3.95. The van der Waals surface area contributed by atoms with Crippen molar-refractivity contribution in [3.8, 4) is 28.7 Å². The van der Waals surface area contributed by atoms with Gasteiger partial charge in [0.05, 0.1) is 36.6 Å². The SMILES string of the molecule is COc1ccc(OC)c(-n2c(SCC(=O)Nc3ccc(Oc4ccccc4)cc3)nc3ccccc3c2=O)c1. The second-order valence-electron chi connectivity index (χ2n) is 8.37. The number of carbonyl (C=O) groups is 1. The Morgan fingerprint density at radius 2 is 1.54 bits per heavy atom. The summed E-state index contributed by atoms with van der Waals surface area (Å²) in [5.74, 6) is 2.19. The third-order valence-corrected chi connectivity index (χ3v) is 6.76. The predicted molar refractivity (Wildman–Crippen MR) is 153 cm³/mol. The molecule has 0 radical (unpaired) electrons. The van der Waals surface area contributed by atoms with Crippen LogP contribution in [0.2, 0.25) is 0 Å². The number of fused-ring (bicyclic) bond motifs is 1. The number of nitrogens with zero attached hydrogens (tertiary/aromatic N) is 2. The summed E-state index contributed by atoms with van der Waals surface area (Å²) in [6, 6.07) is 28.8. The van der Waals surface area contributed by atoms with Crippen LogP contribution in [0.5, 0.6) is 23.0 Å². The molecule has 0 spiro atoms. The molecule has 5 rings (SSSR count). The van der Waals surface area contributed by atoms with E-state index in [-0.39, 0.29) is 17.2 Å². The van der Waals surface area contributed by atoms with E-state index in [2.05, 4.69) is 5.32 Å². The number of hydrogen-bond donors (Lipinski definition) is 1. The van der Waals surface area contributed by atoms with E-state index in [9.17, 15) is 9.59 Å². The molecule has 0 saturated carbocycles. The van der Waals surface area contributed by atoms with Crippen LogP contribution in [0.1, 0.15) is 0 Å². The zero-order valence-corrected chi connectivity index (χ0v) is 22.1. The van der Waals surface area contributed by atoms with Crippen molar-refractivity contribution in [3.05, 3.63) is 107 Å². The van der Waals surface area contributed by atoms with Gasteiger partial charge in [-0.3, -0.25) is 14.2 Å². The first-order valence-corrected chi connectivity index (χ1v) is 13.0. The zero-order chi connectivity index (χ0) is 27.2. The first-order chi connectivity index (χ1) is 19.1. The van der Waals surface area contributed by atoms with Crippen molar-refractivity contribution in [2.75, 3.05) is 25.3 Å². The summed E-state index contributed by atoms with van der Waals surface area (Å²) < 4.78 is 18.2. The minimum Gasteiger partial charge on any atom is -0.497 e. The van der Waals surface area contributed by atoms with E-state index < -0.39 is 0 Å². The molecule has 9 heteroatoms. The molecular weight excluding hydrogens is 514 g/mol. The maximum absolute atomic E-state index is 13.6. The van der Waals surface area contributed by atoms with Crippen LogP contribution in [0.15, 0.2) is 107 Å². The number of rotatable bonds is 9. The number of para-hydroxylation sites is 2. The number of ether oxygens (including phenoxy) is 3. The number of hydrogen-bond acceptors (Lipinski definition) is 7. The van der Waals surface area contributed by atoms with E-state index in [4.69, 9.17) is 19.2 Å². The lowest BCUT2D eigenvalue weighted by Gasteiger charge is -2.16. The Morgan fingerprint density at radius 1 is 0.846 bits per heavy atom. The number of nitrogens with one attached hydrogen (secondary N) is 1. The molecule has 39 heavy (non-hydrogen) atoms. The molecule has 0 bridgehead atoms. The highest BCUT2D eigenvalue weighted by Crippen LogP contribution is 2.31. The Bertz CT molecular complexity index is 1670. The van der Waals surface area contributed by atoms with E-state index in [1.54, 1.807) is 67.8 Å². The summed E-state index contributed by atoms with van der Waals surface area (Å²) in [4.78, 5) is 31.2. The minimum atomic E-state index is -0.274. The molecule has 0 aliphatic heterocycles. The number of anilines is 1. The van der Waals surface area contributed by atoms with Gasteiger partial charge in [0.2, 0.25) is 5.91 Å². The minimum absolute atomic E-state index is 0.0271. The van der Waals surface area contributed by atoms with Gasteiger partial charge in [0, 0.05) is 11.8 Å². The maximum Gasteiger partial charge on any atom is 0.266 e. The topological polar surface area (TPSA) is 91.7 Å². The molecule has 5 aromatic rings. The van der Waals surface area contributed by atoms with Gasteiger partial charge in [0.15, 0.2) is 5.16 Å². The lowest BCUT2D eigenvalue weighted by Crippen LogP contribution is -2.23. The fourth-order valence-corrected chi connectivity index (χ4v) is 4.76. The van der Waals surface area contributed by atoms with Crippen molar-refractivity contribution in [3.63, 3.8) is 0 Å². The second kappa shape index (κ2) is 11.7. The summed E-state index contributed by atoms with van der Waals surface area (Å²) >= 11 is 1.15. The van der Waals surface area contributed by atoms with Crippen LogP contribution in [0.25, 0.3) is 16.6 Å². The van der Waals surface area contributed by atoms with Crippen molar-refractivity contribution in [1.29, 1.82) is 0 Å². The van der Waals surface area contributed by atoms with Crippen LogP contribution < -0.4 is 25.1 Å². The van der Waals surface area contributed by atoms with E-state index >= 15 is 0 Å².